The van der Waals surface area contributed by atoms with Crippen LogP contribution in [0.1, 0.15) is 17.3 Å². The van der Waals surface area contributed by atoms with E-state index in [-0.39, 0.29) is 12.5 Å². The van der Waals surface area contributed by atoms with Gasteiger partial charge in [-0.05, 0) is 30.5 Å². The molecule has 100 valence electrons. The molecule has 5 heteroatoms. The number of ether oxygens (including phenoxy) is 1. The largest absolute Gasteiger partial charge is 0.468 e. The first-order valence-corrected chi connectivity index (χ1v) is 6.09. The fourth-order valence-corrected chi connectivity index (χ4v) is 1.91. The number of methoxy groups -OCH3 is 1. The number of hydrogen-bond donors (Lipinski definition) is 1. The molecular weight excluding hydrogens is 244 g/mol. The van der Waals surface area contributed by atoms with Crippen LogP contribution in [0.15, 0.2) is 30.5 Å². The zero-order chi connectivity index (χ0) is 13.8. The highest BCUT2D eigenvalue weighted by atomic mass is 16.5. The predicted octanol–water partition coefficient (Wildman–Crippen LogP) is 1.80. The Labute approximate surface area is 111 Å². The van der Waals surface area contributed by atoms with E-state index in [9.17, 15) is 9.59 Å². The molecule has 0 bridgehead atoms. The third-order valence-electron chi connectivity index (χ3n) is 3.02. The topological polar surface area (TPSA) is 62.4 Å². The normalized spacial score (nSPS) is 10.4. The Bertz CT molecular complexity index is 604. The van der Waals surface area contributed by atoms with Gasteiger partial charge in [0.05, 0.1) is 7.11 Å². The second kappa shape index (κ2) is 5.56. The molecule has 1 N–H and O–H groups in total. The number of hydrogen-bond acceptors (Lipinski definition) is 3. The molecular formula is C14H16N2O3. The van der Waals surface area contributed by atoms with Crippen LogP contribution in [0.4, 0.5) is 0 Å². The highest BCUT2D eigenvalue weighted by molar-refractivity contribution is 5.99. The minimum atomic E-state index is -0.420. The Kier molecular flexibility index (Phi) is 3.85. The second-order valence-corrected chi connectivity index (χ2v) is 4.18. The summed E-state index contributed by atoms with van der Waals surface area (Å²) in [6.45, 7) is 2.25. The number of aromatic amines is 1. The van der Waals surface area contributed by atoms with Crippen LogP contribution in [0, 0.1) is 0 Å². The van der Waals surface area contributed by atoms with Crippen molar-refractivity contribution < 1.29 is 14.3 Å². The first-order valence-electron chi connectivity index (χ1n) is 6.09. The first-order chi connectivity index (χ1) is 9.15. The average molecular weight is 260 g/mol. The van der Waals surface area contributed by atoms with Crippen molar-refractivity contribution in [1.29, 1.82) is 0 Å². The van der Waals surface area contributed by atoms with Crippen LogP contribution in [0.25, 0.3) is 10.9 Å². The summed E-state index contributed by atoms with van der Waals surface area (Å²) in [7, 11) is 1.31. The average Bonchev–Trinajstić information content (AvgIpc) is 2.90. The van der Waals surface area contributed by atoms with Gasteiger partial charge in [0.2, 0.25) is 0 Å². The highest BCUT2D eigenvalue weighted by Gasteiger charge is 2.17. The molecule has 0 aliphatic carbocycles. The van der Waals surface area contributed by atoms with E-state index < -0.39 is 5.97 Å². The van der Waals surface area contributed by atoms with E-state index in [1.165, 1.54) is 12.0 Å². The zero-order valence-electron chi connectivity index (χ0n) is 11.0. The number of likely N-dealkylation sites (N-methyl/N-ethyl adjacent to an activating group) is 1. The number of nitrogens with one attached hydrogen (secondary N) is 1. The molecule has 1 aromatic carbocycles. The van der Waals surface area contributed by atoms with Gasteiger partial charge in [-0.15, -0.1) is 0 Å². The molecule has 19 heavy (non-hydrogen) atoms. The Morgan fingerprint density at radius 1 is 1.32 bits per heavy atom. The van der Waals surface area contributed by atoms with Crippen LogP contribution >= 0.6 is 0 Å². The van der Waals surface area contributed by atoms with Crippen molar-refractivity contribution in [2.45, 2.75) is 6.92 Å². The molecule has 0 spiro atoms. The lowest BCUT2D eigenvalue weighted by molar-refractivity contribution is -0.141. The Morgan fingerprint density at radius 2 is 2.11 bits per heavy atom. The summed E-state index contributed by atoms with van der Waals surface area (Å²) >= 11 is 0. The number of fused-ring (bicyclic) bond motifs is 1. The van der Waals surface area contributed by atoms with E-state index >= 15 is 0 Å². The van der Waals surface area contributed by atoms with Crippen LogP contribution in [-0.4, -0.2) is 42.0 Å². The minimum Gasteiger partial charge on any atom is -0.468 e. The number of nitrogens with zero attached hydrogens (tertiary/aromatic N) is 1. The fraction of sp³-hybridized carbons (Fsp3) is 0.286. The standard InChI is InChI=1S/C14H16N2O3/c1-3-16(9-13(17)19-2)14(18)11-5-4-10-6-7-15-12(10)8-11/h4-8,15H,3,9H2,1-2H3. The van der Waals surface area contributed by atoms with Crippen LogP contribution in [0.5, 0.6) is 0 Å². The molecule has 5 nitrogen and oxygen atoms in total. The van der Waals surface area contributed by atoms with Gasteiger partial charge >= 0.3 is 5.97 Å². The number of carbonyl (C=O) groups is 2. The molecule has 1 aromatic heterocycles. The van der Waals surface area contributed by atoms with Gasteiger partial charge in [-0.2, -0.15) is 0 Å². The number of benzene rings is 1. The molecule has 0 radical (unpaired) electrons. The number of rotatable bonds is 4. The van der Waals surface area contributed by atoms with E-state index in [1.807, 2.05) is 25.3 Å². The number of H-pyrrole nitrogens is 1. The fourth-order valence-electron chi connectivity index (χ4n) is 1.91. The summed E-state index contributed by atoms with van der Waals surface area (Å²) in [6.07, 6.45) is 1.82. The van der Waals surface area contributed by atoms with Gasteiger partial charge in [-0.25, -0.2) is 0 Å². The van der Waals surface area contributed by atoms with Crippen LogP contribution < -0.4 is 0 Å². The molecule has 0 fully saturated rings. The van der Waals surface area contributed by atoms with Crippen LogP contribution in [0.2, 0.25) is 0 Å². The van der Waals surface area contributed by atoms with Crippen molar-refractivity contribution >= 4 is 22.8 Å². The van der Waals surface area contributed by atoms with Crippen molar-refractivity contribution in [3.63, 3.8) is 0 Å². The molecule has 0 saturated carbocycles. The SMILES string of the molecule is CCN(CC(=O)OC)C(=O)c1ccc2cc[nH]c2c1. The van der Waals surface area contributed by atoms with Crippen molar-refractivity contribution in [3.8, 4) is 0 Å². The molecule has 0 atom stereocenters. The summed E-state index contributed by atoms with van der Waals surface area (Å²) in [6, 6.07) is 7.37. The lowest BCUT2D eigenvalue weighted by atomic mass is 10.1. The maximum atomic E-state index is 12.3. The van der Waals surface area contributed by atoms with Gasteiger partial charge in [0, 0.05) is 23.8 Å². The zero-order valence-corrected chi connectivity index (χ0v) is 11.0. The Balaban J connectivity index is 2.23. The predicted molar refractivity (Wildman–Crippen MR) is 71.9 cm³/mol. The van der Waals surface area contributed by atoms with Gasteiger partial charge in [0.15, 0.2) is 0 Å². The number of amides is 1. The Morgan fingerprint density at radius 3 is 2.79 bits per heavy atom. The monoisotopic (exact) mass is 260 g/mol. The van der Waals surface area contributed by atoms with Crippen LogP contribution in [-0.2, 0) is 9.53 Å². The van der Waals surface area contributed by atoms with Gasteiger partial charge in [-0.3, -0.25) is 9.59 Å². The highest BCUT2D eigenvalue weighted by Crippen LogP contribution is 2.15. The van der Waals surface area contributed by atoms with Gasteiger partial charge < -0.3 is 14.6 Å². The van der Waals surface area contributed by atoms with Crippen molar-refractivity contribution in [1.82, 2.24) is 9.88 Å². The summed E-state index contributed by atoms with van der Waals surface area (Å²) in [5.74, 6) is -0.597. The molecule has 1 heterocycles. The Hall–Kier alpha value is -2.30. The van der Waals surface area contributed by atoms with Crippen LogP contribution in [0.3, 0.4) is 0 Å². The van der Waals surface area contributed by atoms with Gasteiger partial charge in [-0.1, -0.05) is 6.07 Å². The number of carbonyl (C=O) groups excluding carboxylic acids is 2. The molecule has 1 amide bonds. The molecule has 2 aromatic rings. The minimum absolute atomic E-state index is 0.0331. The van der Waals surface area contributed by atoms with Crippen molar-refractivity contribution in [2.75, 3.05) is 20.2 Å². The van der Waals surface area contributed by atoms with Crippen molar-refractivity contribution in [3.05, 3.63) is 36.0 Å². The van der Waals surface area contributed by atoms with E-state index in [0.29, 0.717) is 12.1 Å². The van der Waals surface area contributed by atoms with E-state index in [1.54, 1.807) is 12.1 Å². The molecule has 0 saturated heterocycles. The quantitative estimate of drug-likeness (QED) is 0.853. The lowest BCUT2D eigenvalue weighted by Crippen LogP contribution is -2.36. The summed E-state index contributed by atoms with van der Waals surface area (Å²) in [4.78, 5) is 28.1. The molecule has 0 unspecified atom stereocenters. The molecule has 0 aliphatic rings. The lowest BCUT2D eigenvalue weighted by Gasteiger charge is -2.19. The summed E-state index contributed by atoms with van der Waals surface area (Å²) in [5.41, 5.74) is 1.46. The van der Waals surface area contributed by atoms with Gasteiger partial charge in [0.25, 0.3) is 5.91 Å². The smallest absolute Gasteiger partial charge is 0.325 e. The van der Waals surface area contributed by atoms with E-state index in [0.717, 1.165) is 10.9 Å². The van der Waals surface area contributed by atoms with Gasteiger partial charge in [0.1, 0.15) is 6.54 Å². The van der Waals surface area contributed by atoms with E-state index in [4.69, 9.17) is 0 Å². The summed E-state index contributed by atoms with van der Waals surface area (Å²) in [5, 5.41) is 1.05. The van der Waals surface area contributed by atoms with Crippen molar-refractivity contribution in [2.24, 2.45) is 0 Å². The molecule has 2 rings (SSSR count). The first kappa shape index (κ1) is 13.1. The number of aromatic nitrogens is 1. The maximum Gasteiger partial charge on any atom is 0.325 e. The third kappa shape index (κ3) is 2.76. The van der Waals surface area contributed by atoms with E-state index in [2.05, 4.69) is 9.72 Å². The number of esters is 1. The molecule has 0 aliphatic heterocycles. The second-order valence-electron chi connectivity index (χ2n) is 4.18. The third-order valence-corrected chi connectivity index (χ3v) is 3.02. The maximum absolute atomic E-state index is 12.3. The summed E-state index contributed by atoms with van der Waals surface area (Å²) < 4.78 is 4.59.